The Labute approximate surface area is 227 Å². The second-order valence-corrected chi connectivity index (χ2v) is 12.0. The van der Waals surface area contributed by atoms with Crippen molar-refractivity contribution in [3.63, 3.8) is 0 Å². The van der Waals surface area contributed by atoms with E-state index < -0.39 is 15.8 Å². The minimum Gasteiger partial charge on any atom is -0.352 e. The molecular formula is C30H30FN5O2S. The van der Waals surface area contributed by atoms with Gasteiger partial charge in [-0.25, -0.2) is 17.5 Å². The highest BCUT2D eigenvalue weighted by atomic mass is 32.2. The van der Waals surface area contributed by atoms with E-state index in [-0.39, 0.29) is 6.54 Å². The lowest BCUT2D eigenvalue weighted by Gasteiger charge is -2.17. The molecule has 39 heavy (non-hydrogen) atoms. The van der Waals surface area contributed by atoms with Gasteiger partial charge in [-0.15, -0.1) is 0 Å². The molecule has 0 spiro atoms. The highest BCUT2D eigenvalue weighted by molar-refractivity contribution is 7.88. The van der Waals surface area contributed by atoms with Gasteiger partial charge in [0, 0.05) is 42.3 Å². The van der Waals surface area contributed by atoms with Crippen LogP contribution < -0.4 is 10.0 Å². The van der Waals surface area contributed by atoms with Crippen LogP contribution in [0.3, 0.4) is 0 Å². The molecule has 0 radical (unpaired) electrons. The number of nitrogens with one attached hydrogen (secondary N) is 3. The van der Waals surface area contributed by atoms with Gasteiger partial charge in [-0.2, -0.15) is 0 Å². The molecule has 2 aromatic heterocycles. The number of fused-ring (bicyclic) bond motifs is 2. The van der Waals surface area contributed by atoms with Gasteiger partial charge in [-0.1, -0.05) is 18.2 Å². The number of halogens is 1. The van der Waals surface area contributed by atoms with E-state index in [2.05, 4.69) is 50.3 Å². The van der Waals surface area contributed by atoms with Crippen molar-refractivity contribution in [3.05, 3.63) is 94.7 Å². The van der Waals surface area contributed by atoms with Gasteiger partial charge >= 0.3 is 0 Å². The summed E-state index contributed by atoms with van der Waals surface area (Å²) >= 11 is 0. The Morgan fingerprint density at radius 2 is 1.92 bits per heavy atom. The molecule has 4 heterocycles. The van der Waals surface area contributed by atoms with Crippen molar-refractivity contribution in [2.75, 3.05) is 25.9 Å². The Morgan fingerprint density at radius 1 is 1.03 bits per heavy atom. The molecule has 4 aromatic rings. The highest BCUT2D eigenvalue weighted by Gasteiger charge is 2.20. The van der Waals surface area contributed by atoms with E-state index in [1.807, 2.05) is 0 Å². The monoisotopic (exact) mass is 543 g/mol. The van der Waals surface area contributed by atoms with Crippen LogP contribution in [0, 0.1) is 5.82 Å². The Morgan fingerprint density at radius 3 is 2.74 bits per heavy atom. The zero-order chi connectivity index (χ0) is 27.0. The van der Waals surface area contributed by atoms with Gasteiger partial charge < -0.3 is 10.3 Å². The van der Waals surface area contributed by atoms with Crippen molar-refractivity contribution in [3.8, 4) is 11.1 Å². The number of aromatic amines is 1. The van der Waals surface area contributed by atoms with Gasteiger partial charge in [0.25, 0.3) is 0 Å². The molecule has 6 rings (SSSR count). The molecular weight excluding hydrogens is 513 g/mol. The van der Waals surface area contributed by atoms with Gasteiger partial charge in [0.15, 0.2) is 0 Å². The van der Waals surface area contributed by atoms with Crippen LogP contribution in [0.15, 0.2) is 65.9 Å². The molecule has 3 N–H and O–H groups in total. The fourth-order valence-electron chi connectivity index (χ4n) is 5.41. The summed E-state index contributed by atoms with van der Waals surface area (Å²) in [5.74, 6) is -0.438. The van der Waals surface area contributed by atoms with Crippen molar-refractivity contribution in [1.82, 2.24) is 20.0 Å². The predicted octanol–water partition coefficient (Wildman–Crippen LogP) is 4.58. The third kappa shape index (κ3) is 5.56. The molecule has 9 heteroatoms. The smallest absolute Gasteiger partial charge is 0.209 e. The maximum atomic E-state index is 14.6. The maximum absolute atomic E-state index is 14.6. The van der Waals surface area contributed by atoms with Crippen molar-refractivity contribution in [2.24, 2.45) is 4.99 Å². The van der Waals surface area contributed by atoms with Crippen molar-refractivity contribution >= 4 is 32.2 Å². The van der Waals surface area contributed by atoms with Crippen LogP contribution in [0.5, 0.6) is 0 Å². The minimum absolute atomic E-state index is 0.00774. The molecule has 0 saturated carbocycles. The summed E-state index contributed by atoms with van der Waals surface area (Å²) in [5, 5.41) is 4.28. The first-order chi connectivity index (χ1) is 18.8. The van der Waals surface area contributed by atoms with E-state index in [1.54, 1.807) is 18.5 Å². The number of aryl methyl sites for hydroxylation is 1. The number of sulfonamides is 1. The number of hydrogen-bond donors (Lipinski definition) is 3. The van der Waals surface area contributed by atoms with E-state index in [4.69, 9.17) is 4.99 Å². The lowest BCUT2D eigenvalue weighted by molar-refractivity contribution is 0.586. The molecule has 0 amide bonds. The third-order valence-corrected chi connectivity index (χ3v) is 7.95. The van der Waals surface area contributed by atoms with Crippen molar-refractivity contribution < 1.29 is 12.8 Å². The average molecular weight is 544 g/mol. The molecule has 0 bridgehead atoms. The quantitative estimate of drug-likeness (QED) is 0.332. The highest BCUT2D eigenvalue weighted by Crippen LogP contribution is 2.32. The molecule has 7 nitrogen and oxygen atoms in total. The fraction of sp³-hybridized carbons (Fsp3) is 0.267. The zero-order valence-electron chi connectivity index (χ0n) is 21.7. The van der Waals surface area contributed by atoms with E-state index in [1.165, 1.54) is 28.8 Å². The molecule has 2 aliphatic rings. The number of rotatable bonds is 6. The van der Waals surface area contributed by atoms with Gasteiger partial charge in [0.1, 0.15) is 5.82 Å². The SMILES string of the molecule is CS(=O)(=O)NCc1cc(F)cc(-c2cncc3[nH]c(C4=NCCCc5ccc(C6=CCNCC6)cc54)cc23)c1. The molecule has 0 atom stereocenters. The third-order valence-electron chi connectivity index (χ3n) is 7.28. The summed E-state index contributed by atoms with van der Waals surface area (Å²) < 4.78 is 40.1. The van der Waals surface area contributed by atoms with E-state index in [0.29, 0.717) is 11.1 Å². The summed E-state index contributed by atoms with van der Waals surface area (Å²) in [7, 11) is -3.40. The Bertz CT molecular complexity index is 1740. The van der Waals surface area contributed by atoms with Crippen LogP contribution in [0.1, 0.15) is 40.8 Å². The van der Waals surface area contributed by atoms with E-state index in [0.717, 1.165) is 78.6 Å². The summed E-state index contributed by atoms with van der Waals surface area (Å²) in [4.78, 5) is 12.9. The second-order valence-electron chi connectivity index (χ2n) is 10.2. The number of pyridine rings is 1. The van der Waals surface area contributed by atoms with Crippen molar-refractivity contribution in [1.29, 1.82) is 0 Å². The maximum Gasteiger partial charge on any atom is 0.209 e. The Kier molecular flexibility index (Phi) is 6.88. The largest absolute Gasteiger partial charge is 0.352 e. The first kappa shape index (κ1) is 25.6. The first-order valence-corrected chi connectivity index (χ1v) is 15.0. The number of aromatic nitrogens is 2. The van der Waals surface area contributed by atoms with Gasteiger partial charge in [-0.3, -0.25) is 9.98 Å². The van der Waals surface area contributed by atoms with Gasteiger partial charge in [0.05, 0.1) is 29.4 Å². The summed E-state index contributed by atoms with van der Waals surface area (Å²) in [5.41, 5.74) is 9.60. The van der Waals surface area contributed by atoms with E-state index >= 15 is 0 Å². The van der Waals surface area contributed by atoms with Crippen LogP contribution in [0.2, 0.25) is 0 Å². The van der Waals surface area contributed by atoms with Crippen LogP contribution in [0.25, 0.3) is 27.6 Å². The number of benzene rings is 2. The fourth-order valence-corrected chi connectivity index (χ4v) is 5.84. The lowest BCUT2D eigenvalue weighted by Crippen LogP contribution is -2.21. The second kappa shape index (κ2) is 10.5. The number of aliphatic imine (C=N–C) groups is 1. The minimum atomic E-state index is -3.40. The molecule has 0 aliphatic carbocycles. The zero-order valence-corrected chi connectivity index (χ0v) is 22.5. The molecule has 2 aliphatic heterocycles. The van der Waals surface area contributed by atoms with Crippen LogP contribution in [-0.4, -0.2) is 50.0 Å². The van der Waals surface area contributed by atoms with Crippen LogP contribution >= 0.6 is 0 Å². The average Bonchev–Trinajstić information content (AvgIpc) is 3.25. The van der Waals surface area contributed by atoms with Gasteiger partial charge in [0.2, 0.25) is 10.0 Å². The Hall–Kier alpha value is -3.66. The standard InChI is InChI=1S/C30H30FN5O2S/c1-39(37,38)35-16-19-11-23(13-24(31)12-19)27-17-33-18-29-26(27)15-28(36-29)30-25-14-22(20-6-9-32-10-7-20)5-4-21(25)3-2-8-34-30/h4-6,11-15,17-18,32,35-36H,2-3,7-10,16H2,1H3. The number of nitrogens with zero attached hydrogens (tertiary/aromatic N) is 2. The Balaban J connectivity index is 1.42. The number of hydrogen-bond acceptors (Lipinski definition) is 5. The predicted molar refractivity (Wildman–Crippen MR) is 154 cm³/mol. The number of H-pyrrole nitrogens is 1. The lowest BCUT2D eigenvalue weighted by atomic mass is 9.92. The first-order valence-electron chi connectivity index (χ1n) is 13.1. The summed E-state index contributed by atoms with van der Waals surface area (Å²) in [6.07, 6.45) is 9.79. The molecule has 2 aromatic carbocycles. The summed E-state index contributed by atoms with van der Waals surface area (Å²) in [6.45, 7) is 2.62. The molecule has 0 unspecified atom stereocenters. The molecule has 200 valence electrons. The topological polar surface area (TPSA) is 99.2 Å². The normalized spacial score (nSPS) is 15.9. The van der Waals surface area contributed by atoms with Crippen molar-refractivity contribution in [2.45, 2.75) is 25.8 Å². The van der Waals surface area contributed by atoms with Crippen LogP contribution in [0.4, 0.5) is 4.39 Å². The van der Waals surface area contributed by atoms with E-state index in [9.17, 15) is 12.8 Å². The molecule has 0 saturated heterocycles. The van der Waals surface area contributed by atoms with Gasteiger partial charge in [-0.05, 0) is 84.0 Å². The van der Waals surface area contributed by atoms with Crippen LogP contribution in [-0.2, 0) is 23.0 Å². The molecule has 0 fully saturated rings. The summed E-state index contributed by atoms with van der Waals surface area (Å²) in [6, 6.07) is 13.4.